The maximum atomic E-state index is 13.6. The van der Waals surface area contributed by atoms with Crippen molar-refractivity contribution in [3.8, 4) is 5.69 Å². The molecule has 0 aliphatic carbocycles. The Morgan fingerprint density at radius 2 is 1.73 bits per heavy atom. The van der Waals surface area contributed by atoms with Crippen molar-refractivity contribution in [1.29, 1.82) is 0 Å². The second kappa shape index (κ2) is 10.8. The lowest BCUT2D eigenvalue weighted by atomic mass is 10.2. The second-order valence-corrected chi connectivity index (χ2v) is 11.0. The van der Waals surface area contributed by atoms with Crippen LogP contribution < -0.4 is 26.6 Å². The zero-order chi connectivity index (χ0) is 29.3. The predicted octanol–water partition coefficient (Wildman–Crippen LogP) is 2.50. The molecule has 0 fully saturated rings. The van der Waals surface area contributed by atoms with Gasteiger partial charge in [-0.25, -0.2) is 27.6 Å². The Labute approximate surface area is 235 Å². The number of amides is 1. The smallest absolute Gasteiger partial charge is 0.282 e. The molecular weight excluding hydrogens is 546 g/mol. The summed E-state index contributed by atoms with van der Waals surface area (Å²) in [5.41, 5.74) is 8.02. The average molecular weight is 574 g/mol. The van der Waals surface area contributed by atoms with Gasteiger partial charge >= 0.3 is 0 Å². The molecule has 5 aromatic rings. The number of nitrogen functional groups attached to an aromatic ring is 1. The number of hydrogen-bond donors (Lipinski definition) is 4. The Balaban J connectivity index is 1.50. The number of aromatic nitrogens is 5. The first kappa shape index (κ1) is 27.5. The van der Waals surface area contributed by atoms with Crippen LogP contribution in [-0.4, -0.2) is 45.5 Å². The van der Waals surface area contributed by atoms with Gasteiger partial charge in [-0.2, -0.15) is 5.10 Å². The van der Waals surface area contributed by atoms with Crippen LogP contribution in [0.2, 0.25) is 0 Å². The highest BCUT2D eigenvalue weighted by Crippen LogP contribution is 2.25. The lowest BCUT2D eigenvalue weighted by Gasteiger charge is -2.21. The highest BCUT2D eigenvalue weighted by molar-refractivity contribution is 7.89. The maximum Gasteiger partial charge on any atom is 0.282 e. The lowest BCUT2D eigenvalue weighted by Crippen LogP contribution is -2.30. The van der Waals surface area contributed by atoms with E-state index >= 15 is 0 Å². The third kappa shape index (κ3) is 5.25. The fourth-order valence-corrected chi connectivity index (χ4v) is 5.10. The summed E-state index contributed by atoms with van der Waals surface area (Å²) < 4.78 is 29.3. The summed E-state index contributed by atoms with van der Waals surface area (Å²) in [5.74, 6) is -0.206. The summed E-state index contributed by atoms with van der Waals surface area (Å²) in [6, 6.07) is 15.9. The highest BCUT2D eigenvalue weighted by Gasteiger charge is 2.24. The number of para-hydroxylation sites is 1. The Hall–Kier alpha value is -5.08. The zero-order valence-corrected chi connectivity index (χ0v) is 23.2. The molecule has 0 aliphatic heterocycles. The van der Waals surface area contributed by atoms with Crippen LogP contribution in [0, 0.1) is 6.92 Å². The minimum Gasteiger partial charge on any atom is -0.383 e. The number of hydrogen-bond acceptors (Lipinski definition) is 9. The molecule has 41 heavy (non-hydrogen) atoms. The van der Waals surface area contributed by atoms with Gasteiger partial charge in [-0.05, 0) is 68.9 Å². The molecular formula is C27H27N9O4S. The minimum atomic E-state index is -3.63. The van der Waals surface area contributed by atoms with Crippen LogP contribution in [0.3, 0.4) is 0 Å². The molecule has 1 atom stereocenters. The number of nitrogens with two attached hydrogens (primary N) is 1. The van der Waals surface area contributed by atoms with E-state index in [1.165, 1.54) is 46.7 Å². The largest absolute Gasteiger partial charge is 0.383 e. The van der Waals surface area contributed by atoms with Gasteiger partial charge in [0, 0.05) is 11.9 Å². The molecule has 0 saturated heterocycles. The Bertz CT molecular complexity index is 1920. The summed E-state index contributed by atoms with van der Waals surface area (Å²) >= 11 is 0. The van der Waals surface area contributed by atoms with Crippen LogP contribution in [0.1, 0.15) is 34.7 Å². The molecule has 1 amide bonds. The van der Waals surface area contributed by atoms with Gasteiger partial charge in [0.1, 0.15) is 29.0 Å². The molecule has 0 spiro atoms. The van der Waals surface area contributed by atoms with Gasteiger partial charge in [-0.1, -0.05) is 18.2 Å². The molecule has 3 aromatic heterocycles. The number of nitrogens with zero attached hydrogens (tertiary/aromatic N) is 5. The Morgan fingerprint density at radius 3 is 2.41 bits per heavy atom. The molecule has 5 rings (SSSR count). The van der Waals surface area contributed by atoms with Crippen LogP contribution in [0.5, 0.6) is 0 Å². The first-order chi connectivity index (χ1) is 19.6. The Morgan fingerprint density at radius 1 is 1.02 bits per heavy atom. The van der Waals surface area contributed by atoms with E-state index in [0.717, 1.165) is 5.56 Å². The SMILES string of the molecule is CNS(=O)(=O)c1ccc(NC(=O)c2c(N)ncnc2NC(C)c2nn3ccc(C)c3c(=O)n2-c2ccccc2)cc1. The molecule has 2 aromatic carbocycles. The first-order valence-electron chi connectivity index (χ1n) is 12.5. The van der Waals surface area contributed by atoms with E-state index in [4.69, 9.17) is 10.8 Å². The predicted molar refractivity (Wildman–Crippen MR) is 155 cm³/mol. The van der Waals surface area contributed by atoms with Crippen molar-refractivity contribution in [2.75, 3.05) is 23.4 Å². The normalized spacial score (nSPS) is 12.3. The fourth-order valence-electron chi connectivity index (χ4n) is 4.37. The summed E-state index contributed by atoms with van der Waals surface area (Å²) in [4.78, 5) is 35.2. The van der Waals surface area contributed by atoms with Crippen molar-refractivity contribution in [2.45, 2.75) is 24.8 Å². The van der Waals surface area contributed by atoms with Crippen LogP contribution >= 0.6 is 0 Å². The number of aryl methyl sites for hydroxylation is 1. The van der Waals surface area contributed by atoms with Crippen molar-refractivity contribution in [1.82, 2.24) is 28.9 Å². The standard InChI is InChI=1S/C27H27N9O4S/c1-16-13-14-35-22(16)27(38)36(19-7-5-4-6-8-19)25(34-35)17(2)32-24-21(23(28)30-15-31-24)26(37)33-18-9-11-20(12-10-18)41(39,40)29-3/h4-15,17,29H,1-3H3,(H,33,37)(H3,28,30,31,32). The third-order valence-corrected chi connectivity index (χ3v) is 7.89. The van der Waals surface area contributed by atoms with Crippen LogP contribution in [-0.2, 0) is 10.0 Å². The number of rotatable bonds is 8. The van der Waals surface area contributed by atoms with E-state index < -0.39 is 22.0 Å². The molecule has 0 radical (unpaired) electrons. The van der Waals surface area contributed by atoms with Gasteiger partial charge < -0.3 is 16.4 Å². The lowest BCUT2D eigenvalue weighted by molar-refractivity contribution is 0.102. The summed E-state index contributed by atoms with van der Waals surface area (Å²) in [5, 5.41) is 10.6. The molecule has 13 nitrogen and oxygen atoms in total. The molecule has 0 saturated carbocycles. The van der Waals surface area contributed by atoms with Crippen molar-refractivity contribution in [3.05, 3.63) is 100 Å². The van der Waals surface area contributed by atoms with E-state index in [9.17, 15) is 18.0 Å². The van der Waals surface area contributed by atoms with Crippen LogP contribution in [0.25, 0.3) is 11.2 Å². The summed E-state index contributed by atoms with van der Waals surface area (Å²) in [6.07, 6.45) is 2.93. The number of carbonyl (C=O) groups excluding carboxylic acids is 1. The van der Waals surface area contributed by atoms with E-state index in [0.29, 0.717) is 22.7 Å². The third-order valence-electron chi connectivity index (χ3n) is 6.46. The van der Waals surface area contributed by atoms with Crippen LogP contribution in [0.4, 0.5) is 17.3 Å². The van der Waals surface area contributed by atoms with E-state index in [2.05, 4.69) is 25.3 Å². The number of anilines is 3. The van der Waals surface area contributed by atoms with Crippen molar-refractivity contribution < 1.29 is 13.2 Å². The van der Waals surface area contributed by atoms with Gasteiger partial charge in [-0.15, -0.1) is 0 Å². The monoisotopic (exact) mass is 573 g/mol. The second-order valence-electron chi connectivity index (χ2n) is 9.16. The van der Waals surface area contributed by atoms with Gasteiger partial charge in [0.05, 0.1) is 16.6 Å². The summed E-state index contributed by atoms with van der Waals surface area (Å²) in [7, 11) is -2.32. The number of benzene rings is 2. The van der Waals surface area contributed by atoms with Crippen LogP contribution in [0.15, 0.2) is 82.9 Å². The number of sulfonamides is 1. The van der Waals surface area contributed by atoms with E-state index in [1.54, 1.807) is 13.1 Å². The number of fused-ring (bicyclic) bond motifs is 1. The molecule has 0 bridgehead atoms. The van der Waals surface area contributed by atoms with Crippen molar-refractivity contribution in [3.63, 3.8) is 0 Å². The average Bonchev–Trinajstić information content (AvgIpc) is 3.34. The number of carbonyl (C=O) groups is 1. The van der Waals surface area contributed by atoms with Gasteiger partial charge in [0.25, 0.3) is 11.5 Å². The molecule has 1 unspecified atom stereocenters. The van der Waals surface area contributed by atoms with Gasteiger partial charge in [0.15, 0.2) is 5.82 Å². The Kier molecular flexibility index (Phi) is 7.26. The first-order valence-corrected chi connectivity index (χ1v) is 14.0. The fraction of sp³-hybridized carbons (Fsp3) is 0.148. The molecule has 0 aliphatic rings. The zero-order valence-electron chi connectivity index (χ0n) is 22.4. The summed E-state index contributed by atoms with van der Waals surface area (Å²) in [6.45, 7) is 3.63. The molecule has 210 valence electrons. The number of nitrogens with one attached hydrogen (secondary N) is 3. The van der Waals surface area contributed by atoms with Gasteiger partial charge in [-0.3, -0.25) is 14.2 Å². The van der Waals surface area contributed by atoms with Gasteiger partial charge in [0.2, 0.25) is 10.0 Å². The van der Waals surface area contributed by atoms with Crippen molar-refractivity contribution in [2.24, 2.45) is 0 Å². The quantitative estimate of drug-likeness (QED) is 0.217. The minimum absolute atomic E-state index is 0.0298. The van der Waals surface area contributed by atoms with E-state index in [-0.39, 0.29) is 27.7 Å². The van der Waals surface area contributed by atoms with Crippen molar-refractivity contribution >= 4 is 38.8 Å². The van der Waals surface area contributed by atoms with E-state index in [1.807, 2.05) is 43.3 Å². The highest BCUT2D eigenvalue weighted by atomic mass is 32.2. The molecule has 14 heteroatoms. The topological polar surface area (TPSA) is 178 Å². The molecule has 5 N–H and O–H groups in total. The maximum absolute atomic E-state index is 13.6. The molecule has 3 heterocycles.